The molecule has 3 rings (SSSR count). The van der Waals surface area contributed by atoms with E-state index in [4.69, 9.17) is 5.10 Å². The molecule has 162 valence electrons. The van der Waals surface area contributed by atoms with Gasteiger partial charge in [-0.2, -0.15) is 15.5 Å². The Balaban J connectivity index is 2.18. The van der Waals surface area contributed by atoms with E-state index in [-0.39, 0.29) is 10.8 Å². The van der Waals surface area contributed by atoms with Crippen LogP contribution < -0.4 is 4.72 Å². The van der Waals surface area contributed by atoms with Crippen molar-refractivity contribution in [1.29, 1.82) is 5.26 Å². The van der Waals surface area contributed by atoms with Crippen LogP contribution in [0.3, 0.4) is 0 Å². The minimum absolute atomic E-state index is 0.272. The summed E-state index contributed by atoms with van der Waals surface area (Å²) in [5.41, 5.74) is 2.86. The highest BCUT2D eigenvalue weighted by atomic mass is 32.2. The molecule has 0 spiro atoms. The molecule has 0 aliphatic heterocycles. The molecule has 0 atom stereocenters. The number of hydrogen-bond acceptors (Lipinski definition) is 7. The highest BCUT2D eigenvalue weighted by molar-refractivity contribution is 7.99. The Kier molecular flexibility index (Phi) is 6.23. The highest BCUT2D eigenvalue weighted by Gasteiger charge is 2.29. The number of para-hydroxylation sites is 1. The summed E-state index contributed by atoms with van der Waals surface area (Å²) in [5, 5.41) is 30.7. The van der Waals surface area contributed by atoms with Gasteiger partial charge in [0.2, 0.25) is 0 Å². The average molecular weight is 437 g/mol. The van der Waals surface area contributed by atoms with Crippen LogP contribution in [0.4, 0.5) is 17.3 Å². The summed E-state index contributed by atoms with van der Waals surface area (Å²) < 4.78 is 5.14. The zero-order valence-electron chi connectivity index (χ0n) is 19.0. The van der Waals surface area contributed by atoms with Crippen molar-refractivity contribution < 1.29 is 0 Å². The Morgan fingerprint density at radius 1 is 1.03 bits per heavy atom. The average Bonchev–Trinajstić information content (AvgIpc) is 3.28. The van der Waals surface area contributed by atoms with Gasteiger partial charge < -0.3 is 4.72 Å². The molecule has 2 aromatic heterocycles. The summed E-state index contributed by atoms with van der Waals surface area (Å²) in [5.74, 6) is 1.07. The smallest absolute Gasteiger partial charge is 0.188 e. The first-order valence-electron chi connectivity index (χ1n) is 9.96. The number of aromatic nitrogens is 4. The van der Waals surface area contributed by atoms with E-state index < -0.39 is 0 Å². The summed E-state index contributed by atoms with van der Waals surface area (Å²) in [4.78, 5) is 0. The number of aromatic amines is 1. The number of H-pyrrole nitrogens is 1. The lowest BCUT2D eigenvalue weighted by molar-refractivity contribution is 0.561. The highest BCUT2D eigenvalue weighted by Crippen LogP contribution is 2.40. The first kappa shape index (κ1) is 22.6. The van der Waals surface area contributed by atoms with Crippen molar-refractivity contribution in [2.24, 2.45) is 10.2 Å². The van der Waals surface area contributed by atoms with Gasteiger partial charge in [0.15, 0.2) is 17.3 Å². The van der Waals surface area contributed by atoms with Gasteiger partial charge in [-0.3, -0.25) is 5.10 Å². The van der Waals surface area contributed by atoms with Gasteiger partial charge in [0.1, 0.15) is 11.6 Å². The molecule has 0 saturated carbocycles. The molecule has 0 aliphatic rings. The SMILES string of the molecule is CSNc1c(/N=N/c2[nH]nc(C(C)(C)C)c2C#N)c(C(C)(C)C)nn1-c1ccccc1. The number of nitrogens with one attached hydrogen (secondary N) is 2. The van der Waals surface area contributed by atoms with E-state index in [9.17, 15) is 5.26 Å². The lowest BCUT2D eigenvalue weighted by Gasteiger charge is -2.15. The summed E-state index contributed by atoms with van der Waals surface area (Å²) >= 11 is 1.45. The van der Waals surface area contributed by atoms with E-state index in [1.165, 1.54) is 11.9 Å². The van der Waals surface area contributed by atoms with E-state index >= 15 is 0 Å². The van der Waals surface area contributed by atoms with Gasteiger partial charge in [-0.05, 0) is 12.1 Å². The lowest BCUT2D eigenvalue weighted by atomic mass is 9.90. The Bertz CT molecular complexity index is 1120. The molecule has 2 N–H and O–H groups in total. The van der Waals surface area contributed by atoms with Crippen LogP contribution in [0.5, 0.6) is 0 Å². The predicted molar refractivity (Wildman–Crippen MR) is 126 cm³/mol. The van der Waals surface area contributed by atoms with E-state index in [1.54, 1.807) is 0 Å². The second-order valence-corrected chi connectivity index (χ2v) is 9.82. The van der Waals surface area contributed by atoms with Crippen LogP contribution >= 0.6 is 11.9 Å². The first-order valence-corrected chi connectivity index (χ1v) is 11.2. The molecular weight excluding hydrogens is 408 g/mol. The van der Waals surface area contributed by atoms with E-state index in [1.807, 2.05) is 62.0 Å². The summed E-state index contributed by atoms with van der Waals surface area (Å²) in [6.45, 7) is 12.3. The molecule has 8 nitrogen and oxygen atoms in total. The summed E-state index contributed by atoms with van der Waals surface area (Å²) in [7, 11) is 0. The topological polar surface area (TPSA) is 107 Å². The van der Waals surface area contributed by atoms with Gasteiger partial charge in [0, 0.05) is 17.1 Å². The second kappa shape index (κ2) is 8.55. The zero-order valence-corrected chi connectivity index (χ0v) is 19.8. The predicted octanol–water partition coefficient (Wildman–Crippen LogP) is 6.17. The Morgan fingerprint density at radius 3 is 2.23 bits per heavy atom. The van der Waals surface area contributed by atoms with Crippen LogP contribution in [0.15, 0.2) is 40.6 Å². The number of hydrogen-bond donors (Lipinski definition) is 2. The Hall–Kier alpha value is -3.12. The van der Waals surface area contributed by atoms with Crippen LogP contribution in [0.1, 0.15) is 58.5 Å². The van der Waals surface area contributed by atoms with Gasteiger partial charge in [-0.1, -0.05) is 71.7 Å². The largest absolute Gasteiger partial charge is 0.313 e. The fraction of sp³-hybridized carbons (Fsp3) is 0.409. The van der Waals surface area contributed by atoms with E-state index in [2.05, 4.69) is 52.0 Å². The van der Waals surface area contributed by atoms with Crippen LogP contribution in [0.2, 0.25) is 0 Å². The standard InChI is InChI=1S/C22H28N8S/c1-21(2,3)17-15(13-23)19(27-25-17)26-24-16-18(22(4,5)6)28-30(20(16)29-31-7)14-11-9-8-10-12-14/h8-12,29H,1-7H3,(H,25,27)/b26-24+. The number of azo groups is 1. The first-order chi connectivity index (χ1) is 14.6. The minimum atomic E-state index is -0.282. The molecule has 0 amide bonds. The van der Waals surface area contributed by atoms with Crippen LogP contribution in [-0.2, 0) is 10.8 Å². The molecule has 9 heteroatoms. The van der Waals surface area contributed by atoms with Gasteiger partial charge in [0.05, 0.1) is 17.1 Å². The van der Waals surface area contributed by atoms with Crippen molar-refractivity contribution in [3.05, 3.63) is 47.3 Å². The number of rotatable bonds is 5. The third-order valence-corrected chi connectivity index (χ3v) is 4.99. The second-order valence-electron chi connectivity index (χ2n) is 9.21. The van der Waals surface area contributed by atoms with Crippen LogP contribution in [-0.4, -0.2) is 26.2 Å². The zero-order chi connectivity index (χ0) is 22.8. The van der Waals surface area contributed by atoms with Crippen molar-refractivity contribution in [1.82, 2.24) is 20.0 Å². The number of nitrogens with zero attached hydrogens (tertiary/aromatic N) is 6. The van der Waals surface area contributed by atoms with Gasteiger partial charge >= 0.3 is 0 Å². The molecule has 0 radical (unpaired) electrons. The van der Waals surface area contributed by atoms with E-state index in [0.717, 1.165) is 17.2 Å². The van der Waals surface area contributed by atoms with Gasteiger partial charge in [-0.15, -0.1) is 10.2 Å². The van der Waals surface area contributed by atoms with Crippen LogP contribution in [0.25, 0.3) is 5.69 Å². The summed E-state index contributed by atoms with van der Waals surface area (Å²) in [6.07, 6.45) is 1.94. The Morgan fingerprint density at radius 2 is 1.68 bits per heavy atom. The normalized spacial score (nSPS) is 12.3. The monoisotopic (exact) mass is 436 g/mol. The fourth-order valence-electron chi connectivity index (χ4n) is 3.11. The number of benzene rings is 1. The maximum Gasteiger partial charge on any atom is 0.188 e. The van der Waals surface area contributed by atoms with Crippen LogP contribution in [0, 0.1) is 11.3 Å². The maximum absolute atomic E-state index is 9.68. The molecule has 0 bridgehead atoms. The number of anilines is 1. The molecule has 0 fully saturated rings. The third kappa shape index (κ3) is 4.64. The Labute approximate surface area is 187 Å². The lowest BCUT2D eigenvalue weighted by Crippen LogP contribution is -2.13. The summed E-state index contributed by atoms with van der Waals surface area (Å²) in [6, 6.07) is 12.1. The molecule has 3 aromatic rings. The minimum Gasteiger partial charge on any atom is -0.313 e. The molecule has 2 heterocycles. The van der Waals surface area contributed by atoms with E-state index in [0.29, 0.717) is 22.8 Å². The van der Waals surface area contributed by atoms with Gasteiger partial charge in [-0.25, -0.2) is 4.68 Å². The molecule has 0 aliphatic carbocycles. The maximum atomic E-state index is 9.68. The van der Waals surface area contributed by atoms with Crippen molar-refractivity contribution in [2.75, 3.05) is 11.0 Å². The molecular formula is C22H28N8S. The molecule has 0 saturated heterocycles. The van der Waals surface area contributed by atoms with Crippen molar-refractivity contribution in [2.45, 2.75) is 52.4 Å². The number of nitriles is 1. The van der Waals surface area contributed by atoms with Gasteiger partial charge in [0.25, 0.3) is 0 Å². The van der Waals surface area contributed by atoms with Crippen molar-refractivity contribution >= 4 is 29.3 Å². The third-order valence-electron chi connectivity index (χ3n) is 4.59. The van der Waals surface area contributed by atoms with Crippen molar-refractivity contribution in [3.8, 4) is 11.8 Å². The fourth-order valence-corrected chi connectivity index (χ4v) is 3.48. The molecule has 0 unspecified atom stereocenters. The molecule has 1 aromatic carbocycles. The van der Waals surface area contributed by atoms with Crippen molar-refractivity contribution in [3.63, 3.8) is 0 Å². The quantitative estimate of drug-likeness (QED) is 0.367. The molecule has 31 heavy (non-hydrogen) atoms.